The predicted octanol–water partition coefficient (Wildman–Crippen LogP) is 7.38. The van der Waals surface area contributed by atoms with E-state index in [0.717, 1.165) is 44.9 Å². The van der Waals surface area contributed by atoms with Gasteiger partial charge in [0.1, 0.15) is 6.61 Å². The van der Waals surface area contributed by atoms with Crippen molar-refractivity contribution in [2.24, 2.45) is 5.73 Å². The minimum Gasteiger partial charge on any atom is -0.462 e. The van der Waals surface area contributed by atoms with Gasteiger partial charge in [0.05, 0.1) is 13.2 Å². The number of nitrogens with two attached hydrogens (primary N) is 1. The van der Waals surface area contributed by atoms with E-state index < -0.39 is 32.5 Å². The first-order chi connectivity index (χ1) is 18.8. The van der Waals surface area contributed by atoms with Crippen LogP contribution in [0.4, 0.5) is 0 Å². The maximum atomic E-state index is 12.4. The van der Waals surface area contributed by atoms with Crippen LogP contribution in [0.25, 0.3) is 0 Å². The summed E-state index contributed by atoms with van der Waals surface area (Å²) in [5.74, 6) is -0.839. The first-order valence-corrected chi connectivity index (χ1v) is 17.0. The van der Waals surface area contributed by atoms with E-state index in [1.165, 1.54) is 64.2 Å². The molecule has 0 bridgehead atoms. The van der Waals surface area contributed by atoms with Gasteiger partial charge in [-0.15, -0.1) is 0 Å². The van der Waals surface area contributed by atoms with Gasteiger partial charge in [-0.1, -0.05) is 117 Å². The first-order valence-electron chi connectivity index (χ1n) is 15.5. The Kier molecular flexibility index (Phi) is 26.5. The number of esters is 2. The second-order valence-corrected chi connectivity index (χ2v) is 11.8. The number of carbonyl (C=O) groups is 2. The average Bonchev–Trinajstić information content (AvgIpc) is 2.91. The van der Waals surface area contributed by atoms with Crippen molar-refractivity contribution in [3.05, 3.63) is 0 Å². The lowest BCUT2D eigenvalue weighted by molar-refractivity contribution is -0.161. The van der Waals surface area contributed by atoms with Crippen LogP contribution in [-0.2, 0) is 32.7 Å². The van der Waals surface area contributed by atoms with Crippen molar-refractivity contribution in [1.29, 1.82) is 0 Å². The Balaban J connectivity index is 4.23. The van der Waals surface area contributed by atoms with Crippen LogP contribution in [0.15, 0.2) is 0 Å². The second-order valence-electron chi connectivity index (χ2n) is 10.3. The molecule has 0 aromatic heterocycles. The Hall–Kier alpha value is -0.990. The van der Waals surface area contributed by atoms with E-state index in [1.54, 1.807) is 0 Å². The van der Waals surface area contributed by atoms with Gasteiger partial charge in [-0.3, -0.25) is 18.6 Å². The fourth-order valence-corrected chi connectivity index (χ4v) is 4.93. The van der Waals surface area contributed by atoms with E-state index in [9.17, 15) is 19.0 Å². The molecule has 0 aromatic rings. The summed E-state index contributed by atoms with van der Waals surface area (Å²) in [6, 6.07) is 0. The van der Waals surface area contributed by atoms with Gasteiger partial charge in [-0.25, -0.2) is 4.57 Å². The van der Waals surface area contributed by atoms with Crippen LogP contribution in [0, 0.1) is 0 Å². The molecule has 10 heteroatoms. The van der Waals surface area contributed by atoms with Crippen molar-refractivity contribution in [3.8, 4) is 0 Å². The Bertz CT molecular complexity index is 634. The van der Waals surface area contributed by atoms with Crippen LogP contribution in [0.5, 0.6) is 0 Å². The number of hydrogen-bond acceptors (Lipinski definition) is 8. The standard InChI is InChI=1S/C29H58NO8P/c1-3-5-7-9-10-11-12-13-14-15-16-18-20-22-29(32)38-27(26-37-39(33,34)36-24-23-30)25-35-28(31)21-19-17-8-6-4-2/h27H,3-26,30H2,1-2H3,(H,33,34). The third kappa shape index (κ3) is 27.0. The van der Waals surface area contributed by atoms with Crippen molar-refractivity contribution in [2.45, 2.75) is 148 Å². The molecule has 0 aliphatic heterocycles. The molecule has 0 amide bonds. The van der Waals surface area contributed by atoms with Crippen molar-refractivity contribution in [1.82, 2.24) is 0 Å². The summed E-state index contributed by atoms with van der Waals surface area (Å²) in [4.78, 5) is 34.2. The lowest BCUT2D eigenvalue weighted by Gasteiger charge is -2.19. The molecule has 39 heavy (non-hydrogen) atoms. The highest BCUT2D eigenvalue weighted by Crippen LogP contribution is 2.43. The smallest absolute Gasteiger partial charge is 0.462 e. The molecule has 0 saturated carbocycles. The first kappa shape index (κ1) is 38.0. The maximum Gasteiger partial charge on any atom is 0.472 e. The minimum atomic E-state index is -4.35. The third-order valence-electron chi connectivity index (χ3n) is 6.49. The highest BCUT2D eigenvalue weighted by molar-refractivity contribution is 7.47. The average molecular weight is 580 g/mol. The fraction of sp³-hybridized carbons (Fsp3) is 0.931. The topological polar surface area (TPSA) is 134 Å². The lowest BCUT2D eigenvalue weighted by atomic mass is 10.0. The molecule has 0 aromatic carbocycles. The molecule has 0 saturated heterocycles. The molecular formula is C29H58NO8P. The van der Waals surface area contributed by atoms with E-state index in [1.807, 2.05) is 0 Å². The Labute approximate surface area is 237 Å². The molecule has 0 aliphatic rings. The van der Waals surface area contributed by atoms with Crippen molar-refractivity contribution < 1.29 is 37.6 Å². The molecule has 2 unspecified atom stereocenters. The number of rotatable bonds is 29. The summed E-state index contributed by atoms with van der Waals surface area (Å²) in [5.41, 5.74) is 5.29. The number of phosphoric acid groups is 1. The molecule has 2 atom stereocenters. The SMILES string of the molecule is CCCCCCCCCCCCCCCC(=O)OC(COC(=O)CCCCCCC)COP(=O)(O)OCCN. The minimum absolute atomic E-state index is 0.0569. The predicted molar refractivity (Wildman–Crippen MR) is 155 cm³/mol. The largest absolute Gasteiger partial charge is 0.472 e. The normalized spacial score (nSPS) is 13.6. The van der Waals surface area contributed by atoms with Crippen LogP contribution in [-0.4, -0.2) is 49.3 Å². The van der Waals surface area contributed by atoms with Crippen molar-refractivity contribution in [3.63, 3.8) is 0 Å². The number of phosphoric ester groups is 1. The summed E-state index contributed by atoms with van der Waals surface area (Å²) >= 11 is 0. The molecule has 0 heterocycles. The highest BCUT2D eigenvalue weighted by Gasteiger charge is 2.25. The number of carbonyl (C=O) groups excluding carboxylic acids is 2. The highest BCUT2D eigenvalue weighted by atomic mass is 31.2. The molecule has 0 fully saturated rings. The van der Waals surface area contributed by atoms with Gasteiger partial charge in [0.25, 0.3) is 0 Å². The quantitative estimate of drug-likeness (QED) is 0.0529. The lowest BCUT2D eigenvalue weighted by Crippen LogP contribution is -2.29. The van der Waals surface area contributed by atoms with Crippen LogP contribution in [0.3, 0.4) is 0 Å². The van der Waals surface area contributed by atoms with Crippen molar-refractivity contribution >= 4 is 19.8 Å². The van der Waals surface area contributed by atoms with Crippen LogP contribution in [0.2, 0.25) is 0 Å². The molecule has 0 aliphatic carbocycles. The monoisotopic (exact) mass is 579 g/mol. The molecule has 232 valence electrons. The number of ether oxygens (including phenoxy) is 2. The fourth-order valence-electron chi connectivity index (χ4n) is 4.16. The van der Waals surface area contributed by atoms with Gasteiger partial charge in [0.2, 0.25) is 0 Å². The summed E-state index contributed by atoms with van der Waals surface area (Å²) in [7, 11) is -4.35. The zero-order valence-electron chi connectivity index (χ0n) is 24.9. The molecular weight excluding hydrogens is 521 g/mol. The number of unbranched alkanes of at least 4 members (excludes halogenated alkanes) is 16. The summed E-state index contributed by atoms with van der Waals surface area (Å²) in [5, 5.41) is 0. The zero-order chi connectivity index (χ0) is 29.0. The Morgan fingerprint density at radius 1 is 0.667 bits per heavy atom. The zero-order valence-corrected chi connectivity index (χ0v) is 25.8. The van der Waals surface area contributed by atoms with Gasteiger partial charge >= 0.3 is 19.8 Å². The van der Waals surface area contributed by atoms with Gasteiger partial charge in [-0.05, 0) is 12.8 Å². The second kappa shape index (κ2) is 27.2. The van der Waals surface area contributed by atoms with Gasteiger partial charge in [0.15, 0.2) is 6.10 Å². The Morgan fingerprint density at radius 2 is 1.10 bits per heavy atom. The summed E-state index contributed by atoms with van der Waals surface area (Å²) in [6.45, 7) is 3.61. The van der Waals surface area contributed by atoms with E-state index in [4.69, 9.17) is 24.3 Å². The molecule has 0 rings (SSSR count). The third-order valence-corrected chi connectivity index (χ3v) is 7.48. The molecule has 3 N–H and O–H groups in total. The Morgan fingerprint density at radius 3 is 1.56 bits per heavy atom. The van der Waals surface area contributed by atoms with E-state index >= 15 is 0 Å². The van der Waals surface area contributed by atoms with E-state index in [0.29, 0.717) is 6.42 Å². The van der Waals surface area contributed by atoms with E-state index in [-0.39, 0.29) is 32.6 Å². The van der Waals surface area contributed by atoms with Crippen LogP contribution >= 0.6 is 7.82 Å². The molecule has 0 radical (unpaired) electrons. The summed E-state index contributed by atoms with van der Waals surface area (Å²) in [6.07, 6.45) is 20.3. The molecule has 0 spiro atoms. The van der Waals surface area contributed by atoms with Gasteiger partial charge in [0, 0.05) is 19.4 Å². The van der Waals surface area contributed by atoms with E-state index in [2.05, 4.69) is 13.8 Å². The van der Waals surface area contributed by atoms with Crippen LogP contribution in [0.1, 0.15) is 142 Å². The van der Waals surface area contributed by atoms with Crippen molar-refractivity contribution in [2.75, 3.05) is 26.4 Å². The van der Waals surface area contributed by atoms with Crippen LogP contribution < -0.4 is 5.73 Å². The van der Waals surface area contributed by atoms with Gasteiger partial charge in [-0.2, -0.15) is 0 Å². The maximum absolute atomic E-state index is 12.4. The molecule has 9 nitrogen and oxygen atoms in total. The van der Waals surface area contributed by atoms with Gasteiger partial charge < -0.3 is 20.1 Å². The number of hydrogen-bond donors (Lipinski definition) is 2. The summed E-state index contributed by atoms with van der Waals surface area (Å²) < 4.78 is 32.3.